The lowest BCUT2D eigenvalue weighted by Gasteiger charge is -2.22. The van der Waals surface area contributed by atoms with Gasteiger partial charge >= 0.3 is 0 Å². The van der Waals surface area contributed by atoms with Crippen LogP contribution >= 0.6 is 0 Å². The third-order valence-electron chi connectivity index (χ3n) is 2.18. The van der Waals surface area contributed by atoms with Crippen LogP contribution < -0.4 is 10.6 Å². The van der Waals surface area contributed by atoms with Crippen molar-refractivity contribution >= 4 is 0 Å². The number of nitrogens with one attached hydrogen (secondary N) is 2. The molecule has 80 valence electrons. The Kier molecular flexibility index (Phi) is 7.23. The fourth-order valence-electron chi connectivity index (χ4n) is 0.970. The molecule has 0 rings (SSSR count). The molecular formula is C10H24N2O. The Labute approximate surface area is 82.2 Å². The Morgan fingerprint density at radius 1 is 1.08 bits per heavy atom. The van der Waals surface area contributed by atoms with Gasteiger partial charge in [-0.05, 0) is 33.4 Å². The van der Waals surface area contributed by atoms with Crippen LogP contribution in [0, 0.1) is 0 Å². The molecule has 0 aliphatic heterocycles. The van der Waals surface area contributed by atoms with Crippen LogP contribution in [-0.4, -0.2) is 38.9 Å². The fraction of sp³-hybridized carbons (Fsp3) is 1.00. The third kappa shape index (κ3) is 8.22. The number of ether oxygens (including phenoxy) is 1. The molecule has 3 heteroatoms. The highest BCUT2D eigenvalue weighted by Gasteiger charge is 2.14. The van der Waals surface area contributed by atoms with E-state index >= 15 is 0 Å². The molecule has 0 saturated carbocycles. The second-order valence-electron chi connectivity index (χ2n) is 3.82. The van der Waals surface area contributed by atoms with Crippen molar-refractivity contribution in [3.63, 3.8) is 0 Å². The van der Waals surface area contributed by atoms with E-state index in [-0.39, 0.29) is 5.60 Å². The van der Waals surface area contributed by atoms with Crippen LogP contribution in [0.1, 0.15) is 27.2 Å². The second-order valence-corrected chi connectivity index (χ2v) is 3.82. The molecule has 3 nitrogen and oxygen atoms in total. The molecule has 0 fully saturated rings. The summed E-state index contributed by atoms with van der Waals surface area (Å²) in [6.45, 7) is 10.5. The zero-order chi connectivity index (χ0) is 10.2. The van der Waals surface area contributed by atoms with Crippen LogP contribution in [0.15, 0.2) is 0 Å². The van der Waals surface area contributed by atoms with E-state index < -0.39 is 0 Å². The maximum atomic E-state index is 5.31. The van der Waals surface area contributed by atoms with Crippen molar-refractivity contribution in [2.75, 3.05) is 33.3 Å². The minimum Gasteiger partial charge on any atom is -0.379 e. The van der Waals surface area contributed by atoms with Crippen molar-refractivity contribution < 1.29 is 4.74 Å². The molecule has 0 bridgehead atoms. The van der Waals surface area contributed by atoms with E-state index in [9.17, 15) is 0 Å². The van der Waals surface area contributed by atoms with Crippen LogP contribution in [0.5, 0.6) is 0 Å². The molecule has 0 amide bonds. The van der Waals surface area contributed by atoms with E-state index in [0.717, 1.165) is 32.6 Å². The van der Waals surface area contributed by atoms with E-state index in [4.69, 9.17) is 4.74 Å². The second kappa shape index (κ2) is 7.30. The van der Waals surface area contributed by atoms with Crippen molar-refractivity contribution in [1.82, 2.24) is 10.6 Å². The summed E-state index contributed by atoms with van der Waals surface area (Å²) < 4.78 is 5.31. The van der Waals surface area contributed by atoms with Gasteiger partial charge in [-0.3, -0.25) is 0 Å². The minimum atomic E-state index is 0.00514. The quantitative estimate of drug-likeness (QED) is 0.558. The van der Waals surface area contributed by atoms with Crippen molar-refractivity contribution in [2.24, 2.45) is 0 Å². The molecule has 0 aromatic rings. The Bertz CT molecular complexity index is 115. The molecule has 0 aromatic carbocycles. The van der Waals surface area contributed by atoms with Gasteiger partial charge in [0.1, 0.15) is 0 Å². The summed E-state index contributed by atoms with van der Waals surface area (Å²) in [5.74, 6) is 0. The van der Waals surface area contributed by atoms with Crippen molar-refractivity contribution in [1.29, 1.82) is 0 Å². The predicted octanol–water partition coefficient (Wildman–Crippen LogP) is 1.00. The fourth-order valence-corrected chi connectivity index (χ4v) is 0.970. The monoisotopic (exact) mass is 188 g/mol. The van der Waals surface area contributed by atoms with Gasteiger partial charge in [-0.15, -0.1) is 0 Å². The first-order valence-corrected chi connectivity index (χ1v) is 5.09. The lowest BCUT2D eigenvalue weighted by Crippen LogP contribution is -2.32. The summed E-state index contributed by atoms with van der Waals surface area (Å²) in [6.07, 6.45) is 1.05. The molecular weight excluding hydrogens is 164 g/mol. The first-order valence-electron chi connectivity index (χ1n) is 5.09. The maximum Gasteiger partial charge on any atom is 0.0634 e. The van der Waals surface area contributed by atoms with E-state index in [2.05, 4.69) is 31.4 Å². The minimum absolute atomic E-state index is 0.00514. The van der Waals surface area contributed by atoms with Crippen molar-refractivity contribution in [3.8, 4) is 0 Å². The first kappa shape index (κ1) is 12.9. The molecule has 0 spiro atoms. The lowest BCUT2D eigenvalue weighted by atomic mass is 10.1. The molecule has 0 unspecified atom stereocenters. The van der Waals surface area contributed by atoms with Gasteiger partial charge in [0.25, 0.3) is 0 Å². The summed E-state index contributed by atoms with van der Waals surface area (Å²) in [6, 6.07) is 0. The van der Waals surface area contributed by atoms with Crippen LogP contribution in [-0.2, 0) is 4.74 Å². The molecule has 0 aromatic heterocycles. The van der Waals surface area contributed by atoms with E-state index in [0.29, 0.717) is 0 Å². The van der Waals surface area contributed by atoms with Crippen molar-refractivity contribution in [2.45, 2.75) is 32.8 Å². The summed E-state index contributed by atoms with van der Waals surface area (Å²) in [7, 11) is 1.76. The molecule has 0 heterocycles. The summed E-state index contributed by atoms with van der Waals surface area (Å²) in [5, 5.41) is 6.63. The highest BCUT2D eigenvalue weighted by atomic mass is 16.5. The molecule has 0 aliphatic rings. The number of rotatable bonds is 8. The largest absolute Gasteiger partial charge is 0.379 e. The lowest BCUT2D eigenvalue weighted by molar-refractivity contribution is 0.0159. The normalized spacial score (nSPS) is 12.0. The Morgan fingerprint density at radius 2 is 1.69 bits per heavy atom. The molecule has 0 saturated heterocycles. The standard InChI is InChI=1S/C10H24N2O/c1-5-11-8-9-12-7-6-10(2,3)13-4/h11-12H,5-9H2,1-4H3. The molecule has 0 aliphatic carbocycles. The van der Waals surface area contributed by atoms with Gasteiger partial charge in [0.15, 0.2) is 0 Å². The summed E-state index contributed by atoms with van der Waals surface area (Å²) in [5.41, 5.74) is 0.00514. The van der Waals surface area contributed by atoms with Gasteiger partial charge in [0.2, 0.25) is 0 Å². The third-order valence-corrected chi connectivity index (χ3v) is 2.18. The maximum absolute atomic E-state index is 5.31. The zero-order valence-corrected chi connectivity index (χ0v) is 9.44. The molecule has 0 atom stereocenters. The number of methoxy groups -OCH3 is 1. The van der Waals surface area contributed by atoms with E-state index in [1.165, 1.54) is 0 Å². The van der Waals surface area contributed by atoms with Crippen LogP contribution in [0.2, 0.25) is 0 Å². The highest BCUT2D eigenvalue weighted by Crippen LogP contribution is 2.10. The summed E-state index contributed by atoms with van der Waals surface area (Å²) in [4.78, 5) is 0. The predicted molar refractivity (Wildman–Crippen MR) is 57.1 cm³/mol. The SMILES string of the molecule is CCNCCNCCC(C)(C)OC. The van der Waals surface area contributed by atoms with E-state index in [1.54, 1.807) is 7.11 Å². The van der Waals surface area contributed by atoms with Crippen LogP contribution in [0.3, 0.4) is 0 Å². The molecule has 2 N–H and O–H groups in total. The molecule has 13 heavy (non-hydrogen) atoms. The summed E-state index contributed by atoms with van der Waals surface area (Å²) >= 11 is 0. The van der Waals surface area contributed by atoms with Gasteiger partial charge in [-0.25, -0.2) is 0 Å². The number of likely N-dealkylation sites (N-methyl/N-ethyl adjacent to an activating group) is 1. The van der Waals surface area contributed by atoms with Gasteiger partial charge in [0, 0.05) is 20.2 Å². The Hall–Kier alpha value is -0.120. The Morgan fingerprint density at radius 3 is 2.23 bits per heavy atom. The molecule has 0 radical (unpaired) electrons. The average molecular weight is 188 g/mol. The van der Waals surface area contributed by atoms with Gasteiger partial charge < -0.3 is 15.4 Å². The van der Waals surface area contributed by atoms with Crippen LogP contribution in [0.25, 0.3) is 0 Å². The Balaban J connectivity index is 3.16. The zero-order valence-electron chi connectivity index (χ0n) is 9.44. The van der Waals surface area contributed by atoms with Crippen molar-refractivity contribution in [3.05, 3.63) is 0 Å². The highest BCUT2D eigenvalue weighted by molar-refractivity contribution is 4.68. The van der Waals surface area contributed by atoms with E-state index in [1.807, 2.05) is 0 Å². The van der Waals surface area contributed by atoms with Gasteiger partial charge in [-0.2, -0.15) is 0 Å². The van der Waals surface area contributed by atoms with Gasteiger partial charge in [-0.1, -0.05) is 6.92 Å². The smallest absolute Gasteiger partial charge is 0.0634 e. The average Bonchev–Trinajstić information content (AvgIpc) is 2.11. The number of hydrogen-bond donors (Lipinski definition) is 2. The topological polar surface area (TPSA) is 33.3 Å². The van der Waals surface area contributed by atoms with Gasteiger partial charge in [0.05, 0.1) is 5.60 Å². The first-order chi connectivity index (χ1) is 6.12. The van der Waals surface area contributed by atoms with Crippen LogP contribution in [0.4, 0.5) is 0 Å². The number of hydrogen-bond acceptors (Lipinski definition) is 3.